The molecule has 0 aliphatic rings. The normalized spacial score (nSPS) is 12.1. The summed E-state index contributed by atoms with van der Waals surface area (Å²) in [7, 11) is 2.00. The van der Waals surface area contributed by atoms with Crippen LogP contribution in [0.5, 0.6) is 0 Å². The minimum atomic E-state index is 0.0992. The van der Waals surface area contributed by atoms with Crippen molar-refractivity contribution in [1.82, 2.24) is 20.1 Å². The molecule has 20 heavy (non-hydrogen) atoms. The molecule has 0 radical (unpaired) electrons. The molecule has 2 aromatic rings. The number of hydrogen-bond acceptors (Lipinski definition) is 5. The zero-order valence-corrected chi connectivity index (χ0v) is 14.6. The lowest BCUT2D eigenvalue weighted by Gasteiger charge is -2.20. The van der Waals surface area contributed by atoms with E-state index in [1.807, 2.05) is 18.7 Å². The van der Waals surface area contributed by atoms with Crippen LogP contribution in [0.15, 0.2) is 14.7 Å². The van der Waals surface area contributed by atoms with Crippen LogP contribution in [0.4, 0.5) is 0 Å². The molecule has 0 aliphatic carbocycles. The summed E-state index contributed by atoms with van der Waals surface area (Å²) >= 11 is 3.39. The third-order valence-electron chi connectivity index (χ3n) is 2.87. The SMILES string of the molecule is Cc1csc(Sc2c(CNC(C)(C)C)c(C)nn2C)n1. The summed E-state index contributed by atoms with van der Waals surface area (Å²) in [4.78, 5) is 4.53. The van der Waals surface area contributed by atoms with Crippen LogP contribution in [0.3, 0.4) is 0 Å². The summed E-state index contributed by atoms with van der Waals surface area (Å²) in [5.41, 5.74) is 3.52. The number of hydrogen-bond donors (Lipinski definition) is 1. The first-order chi connectivity index (χ1) is 9.26. The summed E-state index contributed by atoms with van der Waals surface area (Å²) in [5, 5.41) is 11.3. The van der Waals surface area contributed by atoms with Gasteiger partial charge in [-0.25, -0.2) is 4.98 Å². The molecule has 0 aliphatic heterocycles. The van der Waals surface area contributed by atoms with Crippen molar-refractivity contribution >= 4 is 23.1 Å². The molecule has 1 N–H and O–H groups in total. The summed E-state index contributed by atoms with van der Waals surface area (Å²) in [6.45, 7) is 11.4. The largest absolute Gasteiger partial charge is 0.308 e. The zero-order chi connectivity index (χ0) is 14.9. The van der Waals surface area contributed by atoms with Crippen molar-refractivity contribution in [3.05, 3.63) is 22.3 Å². The fourth-order valence-electron chi connectivity index (χ4n) is 1.83. The van der Waals surface area contributed by atoms with Gasteiger partial charge in [-0.3, -0.25) is 4.68 Å². The highest BCUT2D eigenvalue weighted by atomic mass is 32.2. The van der Waals surface area contributed by atoms with Gasteiger partial charge in [0.1, 0.15) is 5.03 Å². The predicted octanol–water partition coefficient (Wildman–Crippen LogP) is 3.53. The molecule has 0 saturated heterocycles. The average molecular weight is 310 g/mol. The molecule has 0 spiro atoms. The molecule has 110 valence electrons. The Morgan fingerprint density at radius 1 is 1.35 bits per heavy atom. The van der Waals surface area contributed by atoms with Gasteiger partial charge < -0.3 is 5.32 Å². The van der Waals surface area contributed by atoms with Gasteiger partial charge in [-0.05, 0) is 46.4 Å². The van der Waals surface area contributed by atoms with E-state index in [1.54, 1.807) is 23.1 Å². The molecule has 0 amide bonds. The van der Waals surface area contributed by atoms with E-state index in [0.29, 0.717) is 0 Å². The number of nitrogens with one attached hydrogen (secondary N) is 1. The molecule has 2 rings (SSSR count). The first-order valence-corrected chi connectivity index (χ1v) is 8.33. The number of rotatable bonds is 4. The van der Waals surface area contributed by atoms with E-state index in [-0.39, 0.29) is 5.54 Å². The standard InChI is InChI=1S/C14H22N4S2/c1-9-8-19-13(16-9)20-12-11(7-15-14(3,4)5)10(2)17-18(12)6/h8,15H,7H2,1-6H3. The lowest BCUT2D eigenvalue weighted by atomic mass is 10.1. The lowest BCUT2D eigenvalue weighted by molar-refractivity contribution is 0.421. The number of aromatic nitrogens is 3. The second kappa shape index (κ2) is 5.87. The van der Waals surface area contributed by atoms with Crippen molar-refractivity contribution in [2.75, 3.05) is 0 Å². The van der Waals surface area contributed by atoms with Gasteiger partial charge in [0, 0.05) is 35.8 Å². The van der Waals surface area contributed by atoms with Crippen LogP contribution < -0.4 is 5.32 Å². The number of thiazole rings is 1. The van der Waals surface area contributed by atoms with Crippen LogP contribution in [0.2, 0.25) is 0 Å². The summed E-state index contributed by atoms with van der Waals surface area (Å²) in [6, 6.07) is 0. The van der Waals surface area contributed by atoms with Crippen molar-refractivity contribution < 1.29 is 0 Å². The molecule has 0 saturated carbocycles. The first kappa shape index (κ1) is 15.5. The van der Waals surface area contributed by atoms with Crippen LogP contribution in [0.25, 0.3) is 0 Å². The van der Waals surface area contributed by atoms with Gasteiger partial charge in [-0.15, -0.1) is 11.3 Å². The smallest absolute Gasteiger partial charge is 0.156 e. The Kier molecular flexibility index (Phi) is 4.56. The van der Waals surface area contributed by atoms with Crippen molar-refractivity contribution in [2.24, 2.45) is 7.05 Å². The maximum atomic E-state index is 4.55. The molecule has 0 fully saturated rings. The van der Waals surface area contributed by atoms with Gasteiger partial charge in [-0.2, -0.15) is 5.10 Å². The monoisotopic (exact) mass is 310 g/mol. The second-order valence-corrected chi connectivity index (χ2v) is 8.05. The van der Waals surface area contributed by atoms with Gasteiger partial charge in [-0.1, -0.05) is 0 Å². The zero-order valence-electron chi connectivity index (χ0n) is 12.9. The van der Waals surface area contributed by atoms with Crippen molar-refractivity contribution in [2.45, 2.75) is 56.1 Å². The Morgan fingerprint density at radius 2 is 2.05 bits per heavy atom. The van der Waals surface area contributed by atoms with Crippen LogP contribution >= 0.6 is 23.1 Å². The molecule has 0 atom stereocenters. The topological polar surface area (TPSA) is 42.7 Å². The third-order valence-corrected chi connectivity index (χ3v) is 5.13. The van der Waals surface area contributed by atoms with E-state index in [4.69, 9.17) is 0 Å². The molecular formula is C14H22N4S2. The van der Waals surface area contributed by atoms with E-state index < -0.39 is 0 Å². The summed E-state index contributed by atoms with van der Waals surface area (Å²) in [6.07, 6.45) is 0. The van der Waals surface area contributed by atoms with Gasteiger partial charge in [0.05, 0.1) is 5.69 Å². The maximum Gasteiger partial charge on any atom is 0.156 e. The van der Waals surface area contributed by atoms with E-state index in [2.05, 4.69) is 48.5 Å². The Bertz CT molecular complexity index is 593. The molecular weight excluding hydrogens is 288 g/mol. The van der Waals surface area contributed by atoms with E-state index in [1.165, 1.54) is 10.6 Å². The number of nitrogens with zero attached hydrogens (tertiary/aromatic N) is 3. The Morgan fingerprint density at radius 3 is 2.60 bits per heavy atom. The van der Waals surface area contributed by atoms with Crippen LogP contribution in [-0.4, -0.2) is 20.3 Å². The molecule has 0 bridgehead atoms. The third kappa shape index (κ3) is 3.84. The van der Waals surface area contributed by atoms with E-state index in [9.17, 15) is 0 Å². The predicted molar refractivity (Wildman–Crippen MR) is 85.5 cm³/mol. The Balaban J connectivity index is 2.23. The van der Waals surface area contributed by atoms with Crippen LogP contribution in [0.1, 0.15) is 37.7 Å². The molecule has 0 unspecified atom stereocenters. The Hall–Kier alpha value is -0.850. The average Bonchev–Trinajstić information content (AvgIpc) is 2.82. The molecule has 2 aromatic heterocycles. The molecule has 4 nitrogen and oxygen atoms in total. The van der Waals surface area contributed by atoms with Crippen molar-refractivity contribution in [3.8, 4) is 0 Å². The molecule has 6 heteroatoms. The quantitative estimate of drug-likeness (QED) is 0.938. The molecule has 0 aromatic carbocycles. The van der Waals surface area contributed by atoms with Gasteiger partial charge in [0.2, 0.25) is 0 Å². The summed E-state index contributed by atoms with van der Waals surface area (Å²) < 4.78 is 3.03. The first-order valence-electron chi connectivity index (χ1n) is 6.64. The highest BCUT2D eigenvalue weighted by Gasteiger charge is 2.18. The Labute approximate surface area is 129 Å². The van der Waals surface area contributed by atoms with Crippen LogP contribution in [0, 0.1) is 13.8 Å². The van der Waals surface area contributed by atoms with Gasteiger partial charge in [0.15, 0.2) is 4.34 Å². The van der Waals surface area contributed by atoms with E-state index >= 15 is 0 Å². The number of aryl methyl sites for hydroxylation is 3. The van der Waals surface area contributed by atoms with Crippen molar-refractivity contribution in [1.29, 1.82) is 0 Å². The minimum Gasteiger partial charge on any atom is -0.308 e. The fraction of sp³-hybridized carbons (Fsp3) is 0.571. The van der Waals surface area contributed by atoms with Gasteiger partial charge in [0.25, 0.3) is 0 Å². The van der Waals surface area contributed by atoms with Crippen LogP contribution in [-0.2, 0) is 13.6 Å². The summed E-state index contributed by atoms with van der Waals surface area (Å²) in [5.74, 6) is 0. The van der Waals surface area contributed by atoms with E-state index in [0.717, 1.165) is 22.3 Å². The van der Waals surface area contributed by atoms with Gasteiger partial charge >= 0.3 is 0 Å². The highest BCUT2D eigenvalue weighted by Crippen LogP contribution is 2.33. The fourth-order valence-corrected chi connectivity index (χ4v) is 3.79. The lowest BCUT2D eigenvalue weighted by Crippen LogP contribution is -2.35. The maximum absolute atomic E-state index is 4.55. The minimum absolute atomic E-state index is 0.0992. The highest BCUT2D eigenvalue weighted by molar-refractivity contribution is 8.01. The molecule has 2 heterocycles. The van der Waals surface area contributed by atoms with Crippen molar-refractivity contribution in [3.63, 3.8) is 0 Å². The second-order valence-electron chi connectivity index (χ2n) is 5.95.